The molecule has 4 nitrogen and oxygen atoms in total. The van der Waals surface area contributed by atoms with Gasteiger partial charge in [-0.2, -0.15) is 8.42 Å². The number of carbonyl (C=O) groups excluding carboxylic acids is 1. The van der Waals surface area contributed by atoms with Gasteiger partial charge in [0.25, 0.3) is 0 Å². The van der Waals surface area contributed by atoms with Crippen molar-refractivity contribution < 1.29 is 25.6 Å². The molecule has 0 atom stereocenters. The van der Waals surface area contributed by atoms with E-state index in [1.165, 1.54) is 72.4 Å². The van der Waals surface area contributed by atoms with E-state index in [0.29, 0.717) is 30.8 Å². The van der Waals surface area contributed by atoms with Crippen LogP contribution < -0.4 is 0 Å². The summed E-state index contributed by atoms with van der Waals surface area (Å²) in [5.74, 6) is -1.21. The molecule has 0 fully saturated rings. The highest BCUT2D eigenvalue weighted by Gasteiger charge is 2.38. The van der Waals surface area contributed by atoms with E-state index >= 15 is 0 Å². The Kier molecular flexibility index (Phi) is 9.87. The molecule has 0 aliphatic heterocycles. The van der Waals surface area contributed by atoms with E-state index in [4.69, 9.17) is 15.2 Å². The molecule has 0 unspecified atom stereocenters. The highest BCUT2D eigenvalue weighted by atomic mass is 35.5. The lowest BCUT2D eigenvalue weighted by atomic mass is 10.0. The van der Waals surface area contributed by atoms with Crippen molar-refractivity contribution >= 4 is 49.6 Å². The number of benzene rings is 6. The number of rotatable bonds is 10. The van der Waals surface area contributed by atoms with Crippen LogP contribution in [-0.4, -0.2) is 14.2 Å². The van der Waals surface area contributed by atoms with Gasteiger partial charge in [-0.1, -0.05) is 71.4 Å². The van der Waals surface area contributed by atoms with Gasteiger partial charge < -0.3 is 0 Å². The molecule has 6 aromatic carbocycles. The van der Waals surface area contributed by atoms with E-state index in [0.717, 1.165) is 15.4 Å². The van der Waals surface area contributed by atoms with E-state index in [1.807, 2.05) is 31.2 Å². The molecule has 48 heavy (non-hydrogen) atoms. The molecule has 10 heteroatoms. The van der Waals surface area contributed by atoms with Gasteiger partial charge in [0.15, 0.2) is 5.78 Å². The van der Waals surface area contributed by atoms with Crippen LogP contribution in [0, 0.1) is 18.6 Å². The minimum absolute atomic E-state index is 0.0510. The molecule has 242 valence electrons. The smallest absolute Gasteiger partial charge is 0.289 e. The minimum Gasteiger partial charge on any atom is -0.289 e. The van der Waals surface area contributed by atoms with Crippen LogP contribution in [0.5, 0.6) is 0 Å². The van der Waals surface area contributed by atoms with Gasteiger partial charge in [-0.25, -0.2) is 12.4 Å². The average molecular weight is 717 g/mol. The van der Waals surface area contributed by atoms with E-state index < -0.39 is 32.1 Å². The molecule has 0 saturated heterocycles. The van der Waals surface area contributed by atoms with E-state index in [1.54, 1.807) is 60.7 Å². The average Bonchev–Trinajstić information content (AvgIpc) is 3.09. The van der Waals surface area contributed by atoms with Crippen LogP contribution in [0.1, 0.15) is 21.5 Å². The van der Waals surface area contributed by atoms with Crippen LogP contribution in [0.25, 0.3) is 0 Å². The van der Waals surface area contributed by atoms with Gasteiger partial charge in [-0.15, -0.1) is 0 Å². The third kappa shape index (κ3) is 7.11. The lowest BCUT2D eigenvalue weighted by molar-refractivity contribution is 0.103. The van der Waals surface area contributed by atoms with Gasteiger partial charge in [0.1, 0.15) is 11.6 Å². The maximum Gasteiger partial charge on any atom is 0.307 e. The Balaban J connectivity index is 1.43. The highest BCUT2D eigenvalue weighted by Crippen LogP contribution is 2.70. The van der Waals surface area contributed by atoms with E-state index in [-0.39, 0.29) is 10.7 Å². The maximum atomic E-state index is 14.2. The van der Waals surface area contributed by atoms with Gasteiger partial charge in [0.05, 0.1) is 9.92 Å². The molecular weight excluding hydrogens is 690 g/mol. The summed E-state index contributed by atoms with van der Waals surface area (Å²) < 4.78 is 62.6. The number of halogens is 3. The largest absolute Gasteiger partial charge is 0.307 e. The Hall–Kier alpha value is -4.25. The monoisotopic (exact) mass is 716 g/mol. The molecule has 0 bridgehead atoms. The van der Waals surface area contributed by atoms with Gasteiger partial charge in [-0.05, 0) is 120 Å². The molecule has 0 aliphatic rings. The van der Waals surface area contributed by atoms with E-state index in [9.17, 15) is 22.0 Å². The summed E-state index contributed by atoms with van der Waals surface area (Å²) in [6, 6.07) is 38.4. The number of ketones is 1. The third-order valence-electron chi connectivity index (χ3n) is 7.40. The van der Waals surface area contributed by atoms with E-state index in [2.05, 4.69) is 0 Å². The zero-order valence-corrected chi connectivity index (χ0v) is 28.6. The SMILES string of the molecule is Cc1ccc(S(=O)(=O)OS(c2ccc(F)cc2)(c2ccc(F)cc2)c2ccc(Sc3ccc(Cl)c(C(=O)c4ccccc4)c3)cc2)cc1. The van der Waals surface area contributed by atoms with Gasteiger partial charge >= 0.3 is 10.1 Å². The van der Waals surface area contributed by atoms with Gasteiger partial charge in [-0.3, -0.25) is 4.79 Å². The van der Waals surface area contributed by atoms with Crippen molar-refractivity contribution in [1.29, 1.82) is 0 Å². The summed E-state index contributed by atoms with van der Waals surface area (Å²) in [5.41, 5.74) is 1.76. The van der Waals surface area contributed by atoms with Crippen molar-refractivity contribution in [3.05, 3.63) is 179 Å². The molecule has 6 aromatic rings. The predicted octanol–water partition coefficient (Wildman–Crippen LogP) is 10.9. The second-order valence-electron chi connectivity index (χ2n) is 10.7. The molecule has 0 aromatic heterocycles. The van der Waals surface area contributed by atoms with Crippen molar-refractivity contribution in [2.75, 3.05) is 0 Å². The van der Waals surface area contributed by atoms with Crippen LogP contribution in [0.2, 0.25) is 5.02 Å². The molecule has 0 radical (unpaired) electrons. The fourth-order valence-electron chi connectivity index (χ4n) is 4.98. The van der Waals surface area contributed by atoms with Crippen molar-refractivity contribution in [2.45, 2.75) is 36.3 Å². The molecule has 0 heterocycles. The lowest BCUT2D eigenvalue weighted by Gasteiger charge is -2.39. The fraction of sp³-hybridized carbons (Fsp3) is 0.0263. The van der Waals surface area contributed by atoms with Crippen molar-refractivity contribution in [1.82, 2.24) is 0 Å². The van der Waals surface area contributed by atoms with Crippen molar-refractivity contribution in [3.63, 3.8) is 0 Å². The van der Waals surface area contributed by atoms with Crippen molar-refractivity contribution in [3.8, 4) is 0 Å². The molecular formula is C38H27ClF2O4S3. The van der Waals surface area contributed by atoms with Crippen LogP contribution in [0.3, 0.4) is 0 Å². The Morgan fingerprint density at radius 3 is 1.65 bits per heavy atom. The number of hydrogen-bond acceptors (Lipinski definition) is 5. The summed E-state index contributed by atoms with van der Waals surface area (Å²) in [6.45, 7) is 1.84. The maximum absolute atomic E-state index is 14.2. The number of hydrogen-bond donors (Lipinski definition) is 0. The zero-order chi connectivity index (χ0) is 33.9. The predicted molar refractivity (Wildman–Crippen MR) is 187 cm³/mol. The first-order chi connectivity index (χ1) is 23.0. The molecule has 0 amide bonds. The molecule has 0 spiro atoms. The minimum atomic E-state index is -4.40. The second-order valence-corrected chi connectivity index (χ2v) is 16.7. The summed E-state index contributed by atoms with van der Waals surface area (Å²) >= 11 is 7.81. The Morgan fingerprint density at radius 1 is 0.625 bits per heavy atom. The Morgan fingerprint density at radius 2 is 1.10 bits per heavy atom. The number of carbonyl (C=O) groups is 1. The van der Waals surface area contributed by atoms with Crippen LogP contribution in [0.15, 0.2) is 175 Å². The summed E-state index contributed by atoms with van der Waals surface area (Å²) in [5, 5.41) is 0.336. The summed E-state index contributed by atoms with van der Waals surface area (Å²) in [4.78, 5) is 15.9. The van der Waals surface area contributed by atoms with Crippen LogP contribution in [-0.2, 0) is 13.7 Å². The third-order valence-corrected chi connectivity index (χ3v) is 13.9. The first-order valence-corrected chi connectivity index (χ1v) is 18.8. The lowest BCUT2D eigenvalue weighted by Crippen LogP contribution is -2.14. The van der Waals surface area contributed by atoms with Gasteiger partial charge in [0, 0.05) is 35.6 Å². The summed E-state index contributed by atoms with van der Waals surface area (Å²) in [6.07, 6.45) is 0. The number of aryl methyl sites for hydroxylation is 1. The first-order valence-electron chi connectivity index (χ1n) is 14.6. The van der Waals surface area contributed by atoms with Crippen molar-refractivity contribution in [2.24, 2.45) is 0 Å². The molecule has 0 saturated carbocycles. The van der Waals surface area contributed by atoms with Gasteiger partial charge in [0.2, 0.25) is 0 Å². The molecule has 0 N–H and O–H groups in total. The topological polar surface area (TPSA) is 60.4 Å². The van der Waals surface area contributed by atoms with Crippen LogP contribution in [0.4, 0.5) is 8.78 Å². The second kappa shape index (κ2) is 14.1. The molecule has 0 aliphatic carbocycles. The summed E-state index contributed by atoms with van der Waals surface area (Å²) in [7, 11) is -7.52. The standard InChI is InChI=1S/C38H27ClF2O4S3/c1-26-7-16-35(17-8-26)48(43,44)45-47(32-18-9-28(40)10-19-32,33-20-11-29(41)12-21-33)34-22-13-30(14-23-34)46-31-15-24-37(39)36(25-31)38(42)27-5-3-2-4-6-27/h2-25H,1H3. The Labute approximate surface area is 289 Å². The normalized spacial score (nSPS) is 12.1. The highest BCUT2D eigenvalue weighted by molar-refractivity contribution is 8.33. The first kappa shape index (κ1) is 33.6. The Bertz CT molecular complexity index is 2130. The zero-order valence-electron chi connectivity index (χ0n) is 25.3. The molecule has 6 rings (SSSR count). The quantitative estimate of drug-likeness (QED) is 0.132. The van der Waals surface area contributed by atoms with Crippen LogP contribution >= 0.6 is 33.7 Å². The fourth-order valence-corrected chi connectivity index (χ4v) is 11.2.